The normalized spacial score (nSPS) is 14.6. The number of hydrogen-bond donors (Lipinski definition) is 2. The van der Waals surface area contributed by atoms with E-state index in [9.17, 15) is 14.4 Å². The highest BCUT2D eigenvalue weighted by Crippen LogP contribution is 2.46. The van der Waals surface area contributed by atoms with Gasteiger partial charge in [0.1, 0.15) is 6.29 Å². The topological polar surface area (TPSA) is 91.7 Å². The lowest BCUT2D eigenvalue weighted by Crippen LogP contribution is -2.39. The molecular formula is C24H28O5. The lowest BCUT2D eigenvalue weighted by Gasteiger charge is -2.44. The van der Waals surface area contributed by atoms with Crippen LogP contribution >= 0.6 is 0 Å². The molecule has 0 saturated heterocycles. The summed E-state index contributed by atoms with van der Waals surface area (Å²) in [7, 11) is 0. The first kappa shape index (κ1) is 22.3. The molecule has 2 rings (SSSR count). The van der Waals surface area contributed by atoms with Gasteiger partial charge in [0.2, 0.25) is 0 Å². The summed E-state index contributed by atoms with van der Waals surface area (Å²) in [6.07, 6.45) is 2.07. The standard InChI is InChI=1S/C24H28O5/c1-23(2,3)24(4,20-11-9-19(10-12-20)22(28)29)14-17(15-25)13-16-5-7-18(8-6-16)21(26)27/h5-12,15,17H,13-14H2,1-4H3,(H,26,27)(H,28,29). The molecule has 5 nitrogen and oxygen atoms in total. The molecule has 0 bridgehead atoms. The summed E-state index contributed by atoms with van der Waals surface area (Å²) < 4.78 is 0. The maximum absolute atomic E-state index is 11.9. The van der Waals surface area contributed by atoms with E-state index in [-0.39, 0.29) is 27.9 Å². The van der Waals surface area contributed by atoms with Gasteiger partial charge in [-0.3, -0.25) is 0 Å². The summed E-state index contributed by atoms with van der Waals surface area (Å²) in [5, 5.41) is 18.2. The summed E-state index contributed by atoms with van der Waals surface area (Å²) in [5.74, 6) is -2.20. The fourth-order valence-electron chi connectivity index (χ4n) is 3.62. The summed E-state index contributed by atoms with van der Waals surface area (Å²) in [6, 6.07) is 13.5. The zero-order valence-electron chi connectivity index (χ0n) is 17.3. The Balaban J connectivity index is 2.30. The van der Waals surface area contributed by atoms with Crippen LogP contribution in [0.1, 0.15) is 66.0 Å². The largest absolute Gasteiger partial charge is 0.478 e. The molecule has 2 N–H and O–H groups in total. The molecule has 0 heterocycles. The van der Waals surface area contributed by atoms with Crippen molar-refractivity contribution in [1.29, 1.82) is 0 Å². The molecule has 29 heavy (non-hydrogen) atoms. The second-order valence-electron chi connectivity index (χ2n) is 8.77. The van der Waals surface area contributed by atoms with Crippen molar-refractivity contribution in [3.05, 3.63) is 70.8 Å². The van der Waals surface area contributed by atoms with E-state index in [1.165, 1.54) is 0 Å². The third-order valence-electron chi connectivity index (χ3n) is 5.99. The number of carbonyl (C=O) groups is 3. The first-order valence-electron chi connectivity index (χ1n) is 9.59. The number of carbonyl (C=O) groups excluding carboxylic acids is 1. The van der Waals surface area contributed by atoms with Gasteiger partial charge in [-0.25, -0.2) is 9.59 Å². The lowest BCUT2D eigenvalue weighted by molar-refractivity contribution is -0.112. The molecule has 0 amide bonds. The van der Waals surface area contributed by atoms with E-state index in [0.717, 1.165) is 17.4 Å². The highest BCUT2D eigenvalue weighted by molar-refractivity contribution is 5.88. The number of carboxylic acids is 2. The second-order valence-corrected chi connectivity index (χ2v) is 8.77. The quantitative estimate of drug-likeness (QED) is 0.623. The molecule has 2 unspecified atom stereocenters. The van der Waals surface area contributed by atoms with Crippen LogP contribution in [0.15, 0.2) is 48.5 Å². The average Bonchev–Trinajstić information content (AvgIpc) is 2.66. The average molecular weight is 396 g/mol. The Bertz CT molecular complexity index is 875. The zero-order chi connectivity index (χ0) is 21.8. The Kier molecular flexibility index (Phi) is 6.62. The highest BCUT2D eigenvalue weighted by Gasteiger charge is 2.40. The maximum Gasteiger partial charge on any atom is 0.335 e. The van der Waals surface area contributed by atoms with Crippen molar-refractivity contribution in [2.24, 2.45) is 11.3 Å². The van der Waals surface area contributed by atoms with Gasteiger partial charge in [0.15, 0.2) is 0 Å². The molecule has 0 aliphatic rings. The smallest absolute Gasteiger partial charge is 0.335 e. The summed E-state index contributed by atoms with van der Waals surface area (Å²) in [6.45, 7) is 8.44. The van der Waals surface area contributed by atoms with Gasteiger partial charge in [0.05, 0.1) is 11.1 Å². The van der Waals surface area contributed by atoms with Crippen LogP contribution in [-0.2, 0) is 16.6 Å². The molecule has 0 spiro atoms. The molecule has 154 valence electrons. The van der Waals surface area contributed by atoms with Gasteiger partial charge >= 0.3 is 11.9 Å². The number of hydrogen-bond acceptors (Lipinski definition) is 3. The van der Waals surface area contributed by atoms with Crippen LogP contribution in [0.5, 0.6) is 0 Å². The molecule has 2 aromatic carbocycles. The van der Waals surface area contributed by atoms with Crippen LogP contribution in [-0.4, -0.2) is 28.4 Å². The maximum atomic E-state index is 11.9. The van der Waals surface area contributed by atoms with Crippen LogP contribution in [0, 0.1) is 11.3 Å². The SMILES string of the molecule is CC(C)(C)C(C)(CC(C=O)Cc1ccc(C(=O)O)cc1)c1ccc(C(=O)O)cc1. The molecule has 2 aromatic rings. The van der Waals surface area contributed by atoms with Gasteiger partial charge < -0.3 is 15.0 Å². The minimum Gasteiger partial charge on any atom is -0.478 e. The molecule has 5 heteroatoms. The van der Waals surface area contributed by atoms with Crippen molar-refractivity contribution in [2.75, 3.05) is 0 Å². The highest BCUT2D eigenvalue weighted by atomic mass is 16.4. The van der Waals surface area contributed by atoms with E-state index < -0.39 is 11.9 Å². The third kappa shape index (κ3) is 5.11. The molecule has 0 saturated carbocycles. The van der Waals surface area contributed by atoms with Crippen molar-refractivity contribution in [1.82, 2.24) is 0 Å². The fourth-order valence-corrected chi connectivity index (χ4v) is 3.62. The number of aromatic carboxylic acids is 2. The molecule has 0 aliphatic heterocycles. The van der Waals surface area contributed by atoms with Gasteiger partial charge in [-0.15, -0.1) is 0 Å². The predicted molar refractivity (Wildman–Crippen MR) is 111 cm³/mol. The van der Waals surface area contributed by atoms with E-state index in [2.05, 4.69) is 27.7 Å². The summed E-state index contributed by atoms with van der Waals surface area (Å²) in [5.41, 5.74) is 1.81. The van der Waals surface area contributed by atoms with Gasteiger partial charge in [0, 0.05) is 5.92 Å². The fraction of sp³-hybridized carbons (Fsp3) is 0.375. The van der Waals surface area contributed by atoms with Gasteiger partial charge in [-0.05, 0) is 59.1 Å². The molecule has 0 aliphatic carbocycles. The van der Waals surface area contributed by atoms with E-state index in [1.54, 1.807) is 36.4 Å². The summed E-state index contributed by atoms with van der Waals surface area (Å²) in [4.78, 5) is 34.1. The van der Waals surface area contributed by atoms with Crippen molar-refractivity contribution in [2.45, 2.75) is 46.0 Å². The van der Waals surface area contributed by atoms with E-state index in [1.807, 2.05) is 12.1 Å². The Hall–Kier alpha value is -2.95. The first-order chi connectivity index (χ1) is 13.5. The van der Waals surface area contributed by atoms with Gasteiger partial charge in [-0.2, -0.15) is 0 Å². The van der Waals surface area contributed by atoms with Crippen molar-refractivity contribution >= 4 is 18.2 Å². The monoisotopic (exact) mass is 396 g/mol. The third-order valence-corrected chi connectivity index (χ3v) is 5.99. The number of rotatable bonds is 8. The van der Waals surface area contributed by atoms with Crippen LogP contribution in [0.25, 0.3) is 0 Å². The Morgan fingerprint density at radius 1 is 0.862 bits per heavy atom. The minimum absolute atomic E-state index is 0.174. The minimum atomic E-state index is -0.978. The van der Waals surface area contributed by atoms with Crippen molar-refractivity contribution in [3.8, 4) is 0 Å². The lowest BCUT2D eigenvalue weighted by atomic mass is 9.60. The summed E-state index contributed by atoms with van der Waals surface area (Å²) >= 11 is 0. The molecule has 0 radical (unpaired) electrons. The number of benzene rings is 2. The second kappa shape index (κ2) is 8.60. The van der Waals surface area contributed by atoms with E-state index in [0.29, 0.717) is 12.8 Å². The number of aldehydes is 1. The van der Waals surface area contributed by atoms with Crippen molar-refractivity contribution in [3.63, 3.8) is 0 Å². The molecule has 0 aromatic heterocycles. The Labute approximate surface area is 171 Å². The zero-order valence-corrected chi connectivity index (χ0v) is 17.3. The number of carboxylic acid groups (broad SMARTS) is 2. The Morgan fingerprint density at radius 3 is 1.69 bits per heavy atom. The van der Waals surface area contributed by atoms with Gasteiger partial charge in [-0.1, -0.05) is 52.0 Å². The Morgan fingerprint density at radius 2 is 1.31 bits per heavy atom. The van der Waals surface area contributed by atoms with Crippen LogP contribution in [0.2, 0.25) is 0 Å². The predicted octanol–water partition coefficient (Wildman–Crippen LogP) is 4.83. The van der Waals surface area contributed by atoms with Crippen LogP contribution in [0.3, 0.4) is 0 Å². The molecular weight excluding hydrogens is 368 g/mol. The van der Waals surface area contributed by atoms with E-state index in [4.69, 9.17) is 10.2 Å². The first-order valence-corrected chi connectivity index (χ1v) is 9.59. The molecule has 0 fully saturated rings. The molecule has 2 atom stereocenters. The van der Waals surface area contributed by atoms with Crippen molar-refractivity contribution < 1.29 is 24.6 Å². The van der Waals surface area contributed by atoms with E-state index >= 15 is 0 Å². The van der Waals surface area contributed by atoms with Crippen LogP contribution in [0.4, 0.5) is 0 Å². The van der Waals surface area contributed by atoms with Crippen LogP contribution < -0.4 is 0 Å². The van der Waals surface area contributed by atoms with Gasteiger partial charge in [0.25, 0.3) is 0 Å².